The minimum Gasteiger partial charge on any atom is -0.377 e. The standard InChI is InChI=1S/C13H18BrFN2O/c14-11-8-10(15)5-4-9(11)7-12(17-16)13-3-1-2-6-18-13/h4-5,8,12-13,17H,1-3,6-7,16H2. The average molecular weight is 317 g/mol. The fraction of sp³-hybridized carbons (Fsp3) is 0.538. The molecule has 0 spiro atoms. The highest BCUT2D eigenvalue weighted by Crippen LogP contribution is 2.23. The monoisotopic (exact) mass is 316 g/mol. The van der Waals surface area contributed by atoms with Crippen molar-refractivity contribution in [1.29, 1.82) is 0 Å². The summed E-state index contributed by atoms with van der Waals surface area (Å²) in [4.78, 5) is 0. The molecule has 18 heavy (non-hydrogen) atoms. The van der Waals surface area contributed by atoms with Gasteiger partial charge in [-0.25, -0.2) is 4.39 Å². The Bertz CT molecular complexity index is 397. The predicted molar refractivity (Wildman–Crippen MR) is 72.5 cm³/mol. The van der Waals surface area contributed by atoms with Crippen LogP contribution in [0.4, 0.5) is 4.39 Å². The third-order valence-electron chi connectivity index (χ3n) is 3.33. The molecule has 1 aliphatic heterocycles. The van der Waals surface area contributed by atoms with Crippen LogP contribution in [0, 0.1) is 5.82 Å². The van der Waals surface area contributed by atoms with Crippen molar-refractivity contribution in [2.45, 2.75) is 37.8 Å². The molecule has 100 valence electrons. The Morgan fingerprint density at radius 1 is 1.50 bits per heavy atom. The summed E-state index contributed by atoms with van der Waals surface area (Å²) < 4.78 is 19.5. The Morgan fingerprint density at radius 3 is 2.94 bits per heavy atom. The first-order valence-corrected chi connectivity index (χ1v) is 7.01. The van der Waals surface area contributed by atoms with E-state index in [4.69, 9.17) is 10.6 Å². The van der Waals surface area contributed by atoms with Gasteiger partial charge in [0.25, 0.3) is 0 Å². The van der Waals surface area contributed by atoms with Gasteiger partial charge < -0.3 is 4.74 Å². The van der Waals surface area contributed by atoms with Crippen molar-refractivity contribution in [3.63, 3.8) is 0 Å². The molecule has 1 heterocycles. The van der Waals surface area contributed by atoms with Crippen LogP contribution in [0.2, 0.25) is 0 Å². The van der Waals surface area contributed by atoms with Gasteiger partial charge in [-0.15, -0.1) is 0 Å². The van der Waals surface area contributed by atoms with Crippen molar-refractivity contribution in [3.05, 3.63) is 34.1 Å². The average Bonchev–Trinajstić information content (AvgIpc) is 2.39. The number of nitrogens with one attached hydrogen (secondary N) is 1. The first kappa shape index (κ1) is 13.9. The molecule has 0 aromatic heterocycles. The normalized spacial score (nSPS) is 21.8. The highest BCUT2D eigenvalue weighted by molar-refractivity contribution is 9.10. The molecule has 1 aromatic rings. The summed E-state index contributed by atoms with van der Waals surface area (Å²) in [5, 5.41) is 0. The molecule has 5 heteroatoms. The molecule has 0 amide bonds. The van der Waals surface area contributed by atoms with Crippen LogP contribution in [-0.4, -0.2) is 18.8 Å². The van der Waals surface area contributed by atoms with E-state index in [1.54, 1.807) is 6.07 Å². The molecule has 0 aliphatic carbocycles. The van der Waals surface area contributed by atoms with E-state index in [-0.39, 0.29) is 18.0 Å². The van der Waals surface area contributed by atoms with E-state index >= 15 is 0 Å². The molecular weight excluding hydrogens is 299 g/mol. The lowest BCUT2D eigenvalue weighted by atomic mass is 9.96. The Hall–Kier alpha value is -0.490. The third-order valence-corrected chi connectivity index (χ3v) is 4.07. The molecule has 2 atom stereocenters. The lowest BCUT2D eigenvalue weighted by Crippen LogP contribution is -2.47. The summed E-state index contributed by atoms with van der Waals surface area (Å²) in [6.07, 6.45) is 4.18. The van der Waals surface area contributed by atoms with E-state index in [0.717, 1.165) is 35.9 Å². The van der Waals surface area contributed by atoms with Crippen LogP contribution in [0.3, 0.4) is 0 Å². The summed E-state index contributed by atoms with van der Waals surface area (Å²) in [6.45, 7) is 0.799. The predicted octanol–water partition coefficient (Wildman–Crippen LogP) is 2.53. The lowest BCUT2D eigenvalue weighted by molar-refractivity contribution is -0.00747. The molecule has 1 aromatic carbocycles. The minimum absolute atomic E-state index is 0.0621. The van der Waals surface area contributed by atoms with E-state index in [9.17, 15) is 4.39 Å². The van der Waals surface area contributed by atoms with Gasteiger partial charge in [-0.1, -0.05) is 22.0 Å². The first-order chi connectivity index (χ1) is 8.70. The van der Waals surface area contributed by atoms with Gasteiger partial charge in [0.1, 0.15) is 5.82 Å². The number of rotatable bonds is 4. The summed E-state index contributed by atoms with van der Waals surface area (Å²) in [5.41, 5.74) is 3.86. The Labute approximate surface area is 115 Å². The molecule has 2 unspecified atom stereocenters. The maximum absolute atomic E-state index is 13.0. The van der Waals surface area contributed by atoms with Gasteiger partial charge in [0.05, 0.1) is 12.1 Å². The molecule has 0 radical (unpaired) electrons. The first-order valence-electron chi connectivity index (χ1n) is 6.22. The van der Waals surface area contributed by atoms with Crippen molar-refractivity contribution in [2.75, 3.05) is 6.61 Å². The minimum atomic E-state index is -0.239. The van der Waals surface area contributed by atoms with Crippen molar-refractivity contribution in [1.82, 2.24) is 5.43 Å². The maximum atomic E-state index is 13.0. The number of benzene rings is 1. The Kier molecular flexibility index (Phi) is 5.12. The second-order valence-electron chi connectivity index (χ2n) is 4.62. The quantitative estimate of drug-likeness (QED) is 0.663. The second kappa shape index (κ2) is 6.61. The van der Waals surface area contributed by atoms with Crippen LogP contribution >= 0.6 is 15.9 Å². The Balaban J connectivity index is 2.04. The smallest absolute Gasteiger partial charge is 0.124 e. The molecule has 3 nitrogen and oxygen atoms in total. The fourth-order valence-electron chi connectivity index (χ4n) is 2.30. The molecule has 0 saturated carbocycles. The van der Waals surface area contributed by atoms with E-state index in [0.29, 0.717) is 0 Å². The van der Waals surface area contributed by atoms with Gasteiger partial charge >= 0.3 is 0 Å². The number of nitrogens with two attached hydrogens (primary N) is 1. The van der Waals surface area contributed by atoms with Crippen molar-refractivity contribution < 1.29 is 9.13 Å². The van der Waals surface area contributed by atoms with Gasteiger partial charge in [0.2, 0.25) is 0 Å². The summed E-state index contributed by atoms with van der Waals surface area (Å²) in [6, 6.07) is 4.79. The molecule has 2 rings (SSSR count). The van der Waals surface area contributed by atoms with Gasteiger partial charge in [0.15, 0.2) is 0 Å². The number of hydrogen-bond acceptors (Lipinski definition) is 3. The number of ether oxygens (including phenoxy) is 1. The number of halogens is 2. The lowest BCUT2D eigenvalue weighted by Gasteiger charge is -2.30. The van der Waals surface area contributed by atoms with E-state index in [2.05, 4.69) is 21.4 Å². The highest BCUT2D eigenvalue weighted by atomic mass is 79.9. The molecule has 3 N–H and O–H groups in total. The summed E-state index contributed by atoms with van der Waals surface area (Å²) in [7, 11) is 0. The number of hydrazine groups is 1. The van der Waals surface area contributed by atoms with Crippen LogP contribution in [0.1, 0.15) is 24.8 Å². The van der Waals surface area contributed by atoms with Crippen LogP contribution in [0.25, 0.3) is 0 Å². The molecular formula is C13H18BrFN2O. The van der Waals surface area contributed by atoms with Crippen LogP contribution in [0.5, 0.6) is 0 Å². The summed E-state index contributed by atoms with van der Waals surface area (Å²) in [5.74, 6) is 5.37. The van der Waals surface area contributed by atoms with E-state index < -0.39 is 0 Å². The topological polar surface area (TPSA) is 47.3 Å². The zero-order valence-electron chi connectivity index (χ0n) is 10.2. The summed E-state index contributed by atoms with van der Waals surface area (Å²) >= 11 is 3.38. The van der Waals surface area contributed by atoms with Gasteiger partial charge in [-0.05, 0) is 43.4 Å². The molecule has 0 bridgehead atoms. The van der Waals surface area contributed by atoms with E-state index in [1.807, 2.05) is 0 Å². The maximum Gasteiger partial charge on any atom is 0.124 e. The van der Waals surface area contributed by atoms with Crippen LogP contribution in [-0.2, 0) is 11.2 Å². The molecule has 1 fully saturated rings. The molecule has 1 saturated heterocycles. The van der Waals surface area contributed by atoms with Crippen molar-refractivity contribution in [2.24, 2.45) is 5.84 Å². The van der Waals surface area contributed by atoms with Gasteiger partial charge in [-0.2, -0.15) is 0 Å². The van der Waals surface area contributed by atoms with E-state index in [1.165, 1.54) is 18.6 Å². The zero-order chi connectivity index (χ0) is 13.0. The fourth-order valence-corrected chi connectivity index (χ4v) is 2.82. The number of hydrogen-bond donors (Lipinski definition) is 2. The highest BCUT2D eigenvalue weighted by Gasteiger charge is 2.24. The SMILES string of the molecule is NNC(Cc1ccc(F)cc1Br)C1CCCCO1. The van der Waals surface area contributed by atoms with Gasteiger partial charge in [0, 0.05) is 11.1 Å². The third kappa shape index (κ3) is 3.51. The Morgan fingerprint density at radius 2 is 2.33 bits per heavy atom. The van der Waals surface area contributed by atoms with Crippen LogP contribution in [0.15, 0.2) is 22.7 Å². The second-order valence-corrected chi connectivity index (χ2v) is 5.47. The zero-order valence-corrected chi connectivity index (χ0v) is 11.7. The van der Waals surface area contributed by atoms with Crippen LogP contribution < -0.4 is 11.3 Å². The van der Waals surface area contributed by atoms with Crippen molar-refractivity contribution >= 4 is 15.9 Å². The van der Waals surface area contributed by atoms with Crippen molar-refractivity contribution in [3.8, 4) is 0 Å². The van der Waals surface area contributed by atoms with Gasteiger partial charge in [-0.3, -0.25) is 11.3 Å². The largest absolute Gasteiger partial charge is 0.377 e. The molecule has 1 aliphatic rings.